The van der Waals surface area contributed by atoms with Gasteiger partial charge >= 0.3 is 0 Å². The zero-order valence-electron chi connectivity index (χ0n) is 9.36. The van der Waals surface area contributed by atoms with Gasteiger partial charge in [-0.2, -0.15) is 0 Å². The molecule has 0 unspecified atom stereocenters. The minimum atomic E-state index is -2.62. The van der Waals surface area contributed by atoms with Gasteiger partial charge in [-0.25, -0.2) is 8.78 Å². The molecule has 1 amide bonds. The number of nitrogens with zero attached hydrogens (tertiary/aromatic N) is 2. The number of piperidine rings is 1. The summed E-state index contributed by atoms with van der Waals surface area (Å²) < 4.78 is 25.2. The second-order valence-electron chi connectivity index (χ2n) is 4.80. The van der Waals surface area contributed by atoms with E-state index in [0.29, 0.717) is 19.5 Å². The Kier molecular flexibility index (Phi) is 3.26. The summed E-state index contributed by atoms with van der Waals surface area (Å²) in [7, 11) is 0. The molecule has 0 aromatic rings. The van der Waals surface area contributed by atoms with E-state index in [9.17, 15) is 18.5 Å². The first-order valence-corrected chi connectivity index (χ1v) is 5.76. The van der Waals surface area contributed by atoms with Crippen molar-refractivity contribution in [3.8, 4) is 0 Å². The fourth-order valence-electron chi connectivity index (χ4n) is 2.33. The molecular weight excluding hydrogens is 232 g/mol. The average molecular weight is 247 g/mol. The average Bonchev–Trinajstić information content (AvgIpc) is 2.26. The number of hydrogen-bond donors (Lipinski definition) is 1. The van der Waals surface area contributed by atoms with Gasteiger partial charge in [0, 0.05) is 25.4 Å². The molecule has 0 bridgehead atoms. The monoisotopic (exact) mass is 247 g/mol. The number of alkyl halides is 2. The molecule has 0 spiro atoms. The Bertz CT molecular complexity index is 317. The molecule has 2 rings (SSSR count). The Morgan fingerprint density at radius 2 is 2.12 bits per heavy atom. The number of carbonyl (C=O) groups excluding carboxylic acids is 1. The lowest BCUT2D eigenvalue weighted by Crippen LogP contribution is -2.53. The summed E-state index contributed by atoms with van der Waals surface area (Å²) in [5.74, 6) is -3.17. The maximum Gasteiger partial charge on any atom is 0.252 e. The van der Waals surface area contributed by atoms with E-state index in [4.69, 9.17) is 0 Å². The predicted molar refractivity (Wildman–Crippen MR) is 56.2 cm³/mol. The first kappa shape index (κ1) is 12.2. The van der Waals surface area contributed by atoms with Crippen LogP contribution in [0.15, 0.2) is 5.29 Å². The number of halogens is 2. The van der Waals surface area contributed by atoms with Gasteiger partial charge in [0.25, 0.3) is 5.92 Å². The van der Waals surface area contributed by atoms with Crippen molar-refractivity contribution >= 4 is 5.91 Å². The lowest BCUT2D eigenvalue weighted by Gasteiger charge is -2.37. The van der Waals surface area contributed by atoms with Crippen LogP contribution in [0.25, 0.3) is 0 Å². The van der Waals surface area contributed by atoms with Crippen LogP contribution in [0.2, 0.25) is 0 Å². The third kappa shape index (κ3) is 2.89. The Morgan fingerprint density at radius 3 is 2.71 bits per heavy atom. The molecule has 1 aliphatic heterocycles. The molecule has 1 atom stereocenters. The summed E-state index contributed by atoms with van der Waals surface area (Å²) in [5.41, 5.74) is 0. The molecule has 1 N–H and O–H groups in total. The topological polar surface area (TPSA) is 61.8 Å². The van der Waals surface area contributed by atoms with Gasteiger partial charge in [0.05, 0.1) is 17.7 Å². The number of amides is 1. The van der Waals surface area contributed by atoms with E-state index in [2.05, 4.69) is 10.6 Å². The Labute approximate surface area is 97.5 Å². The van der Waals surface area contributed by atoms with Crippen LogP contribution in [0.1, 0.15) is 25.7 Å². The summed E-state index contributed by atoms with van der Waals surface area (Å²) in [6.07, 6.45) is 0.855. The van der Waals surface area contributed by atoms with Gasteiger partial charge in [-0.15, -0.1) is 4.91 Å². The molecular formula is C10H15F2N3O2. The van der Waals surface area contributed by atoms with Crippen molar-refractivity contribution in [2.24, 2.45) is 11.2 Å². The van der Waals surface area contributed by atoms with Crippen molar-refractivity contribution in [1.82, 2.24) is 10.3 Å². The highest BCUT2D eigenvalue weighted by atomic mass is 19.3. The first-order valence-electron chi connectivity index (χ1n) is 5.76. The molecule has 1 aliphatic carbocycles. The van der Waals surface area contributed by atoms with E-state index in [1.165, 1.54) is 5.01 Å². The third-order valence-corrected chi connectivity index (χ3v) is 3.32. The SMILES string of the molecule is O=NN1CCC[C@H](C(=O)NC2CC(F)(F)C2)C1. The van der Waals surface area contributed by atoms with Crippen molar-refractivity contribution in [3.63, 3.8) is 0 Å². The van der Waals surface area contributed by atoms with Gasteiger partial charge in [-0.05, 0) is 12.8 Å². The molecule has 1 saturated carbocycles. The van der Waals surface area contributed by atoms with Crippen LogP contribution in [-0.4, -0.2) is 36.0 Å². The van der Waals surface area contributed by atoms with E-state index < -0.39 is 12.0 Å². The van der Waals surface area contributed by atoms with E-state index in [0.717, 1.165) is 6.42 Å². The minimum absolute atomic E-state index is 0.237. The van der Waals surface area contributed by atoms with Crippen molar-refractivity contribution in [2.75, 3.05) is 13.1 Å². The van der Waals surface area contributed by atoms with E-state index in [1.54, 1.807) is 0 Å². The second-order valence-corrected chi connectivity index (χ2v) is 4.80. The predicted octanol–water partition coefficient (Wildman–Crippen LogP) is 1.29. The minimum Gasteiger partial charge on any atom is -0.353 e. The number of nitroso groups, excluding NO2 is 1. The molecule has 0 aromatic heterocycles. The second kappa shape index (κ2) is 4.54. The maximum atomic E-state index is 12.6. The molecule has 1 heterocycles. The van der Waals surface area contributed by atoms with Crippen molar-refractivity contribution in [3.05, 3.63) is 4.91 Å². The van der Waals surface area contributed by atoms with Crippen LogP contribution in [-0.2, 0) is 4.79 Å². The highest BCUT2D eigenvalue weighted by molar-refractivity contribution is 5.79. The van der Waals surface area contributed by atoms with Gasteiger partial charge in [0.1, 0.15) is 0 Å². The molecule has 2 fully saturated rings. The molecule has 17 heavy (non-hydrogen) atoms. The summed E-state index contributed by atoms with van der Waals surface area (Å²) in [4.78, 5) is 22.1. The number of carbonyl (C=O) groups is 1. The summed E-state index contributed by atoms with van der Waals surface area (Å²) in [6.45, 7) is 0.854. The molecule has 5 nitrogen and oxygen atoms in total. The normalized spacial score (nSPS) is 28.4. The van der Waals surface area contributed by atoms with Gasteiger partial charge < -0.3 is 5.32 Å². The highest BCUT2D eigenvalue weighted by Crippen LogP contribution is 2.37. The maximum absolute atomic E-state index is 12.6. The third-order valence-electron chi connectivity index (χ3n) is 3.32. The molecule has 0 radical (unpaired) electrons. The number of nitrogens with one attached hydrogen (secondary N) is 1. The lowest BCUT2D eigenvalue weighted by atomic mass is 9.87. The smallest absolute Gasteiger partial charge is 0.252 e. The highest BCUT2D eigenvalue weighted by Gasteiger charge is 2.46. The van der Waals surface area contributed by atoms with Crippen molar-refractivity contribution in [1.29, 1.82) is 0 Å². The van der Waals surface area contributed by atoms with Crippen molar-refractivity contribution in [2.45, 2.75) is 37.6 Å². The fourth-order valence-corrected chi connectivity index (χ4v) is 2.33. The molecule has 1 saturated heterocycles. The van der Waals surface area contributed by atoms with Crippen molar-refractivity contribution < 1.29 is 13.6 Å². The molecule has 7 heteroatoms. The van der Waals surface area contributed by atoms with E-state index in [-0.39, 0.29) is 24.7 Å². The number of hydrogen-bond acceptors (Lipinski definition) is 3. The van der Waals surface area contributed by atoms with Crippen LogP contribution in [0.4, 0.5) is 8.78 Å². The van der Waals surface area contributed by atoms with Gasteiger partial charge in [0.15, 0.2) is 0 Å². The van der Waals surface area contributed by atoms with E-state index in [1.807, 2.05) is 0 Å². The fraction of sp³-hybridized carbons (Fsp3) is 0.900. The van der Waals surface area contributed by atoms with Crippen LogP contribution in [0.5, 0.6) is 0 Å². The zero-order chi connectivity index (χ0) is 12.5. The quantitative estimate of drug-likeness (QED) is 0.764. The van der Waals surface area contributed by atoms with Gasteiger partial charge in [-0.1, -0.05) is 0 Å². The Balaban J connectivity index is 1.78. The standard InChI is InChI=1S/C10H15F2N3O2/c11-10(12)4-8(5-10)13-9(16)7-2-1-3-15(6-7)14-17/h7-8H,1-6H2,(H,13,16)/t7-/m0/s1. The van der Waals surface area contributed by atoms with Crippen LogP contribution in [0, 0.1) is 10.8 Å². The first-order chi connectivity index (χ1) is 8.00. The summed E-state index contributed by atoms with van der Waals surface area (Å²) in [5, 5.41) is 6.71. The zero-order valence-corrected chi connectivity index (χ0v) is 9.36. The van der Waals surface area contributed by atoms with Crippen LogP contribution in [0.3, 0.4) is 0 Å². The molecule has 96 valence electrons. The largest absolute Gasteiger partial charge is 0.353 e. The van der Waals surface area contributed by atoms with Crippen LogP contribution >= 0.6 is 0 Å². The molecule has 0 aromatic carbocycles. The summed E-state index contributed by atoms with van der Waals surface area (Å²) >= 11 is 0. The Morgan fingerprint density at radius 1 is 1.41 bits per heavy atom. The number of rotatable bonds is 3. The molecule has 2 aliphatic rings. The Hall–Kier alpha value is -1.27. The van der Waals surface area contributed by atoms with Crippen LogP contribution < -0.4 is 5.32 Å². The summed E-state index contributed by atoms with van der Waals surface area (Å²) in [6, 6.07) is -0.419. The van der Waals surface area contributed by atoms with E-state index >= 15 is 0 Å². The van der Waals surface area contributed by atoms with Gasteiger partial charge in [0.2, 0.25) is 5.91 Å². The van der Waals surface area contributed by atoms with Gasteiger partial charge in [-0.3, -0.25) is 9.80 Å². The lowest BCUT2D eigenvalue weighted by molar-refractivity contribution is -0.134.